The number of rotatable bonds is 5. The Labute approximate surface area is 89.4 Å². The lowest BCUT2D eigenvalue weighted by Crippen LogP contribution is -1.79. The molecule has 0 N–H and O–H groups in total. The Kier molecular flexibility index (Phi) is 4.78. The minimum absolute atomic E-state index is 0.503. The van der Waals surface area contributed by atoms with Crippen LogP contribution in [0.3, 0.4) is 0 Å². The molecule has 0 fully saturated rings. The van der Waals surface area contributed by atoms with E-state index in [0.717, 1.165) is 17.5 Å². The molecule has 3 nitrogen and oxygen atoms in total. The summed E-state index contributed by atoms with van der Waals surface area (Å²) in [5, 5.41) is 3.45. The van der Waals surface area contributed by atoms with E-state index < -0.39 is 0 Å². The molecule has 76 valence electrons. The van der Waals surface area contributed by atoms with Crippen LogP contribution in [0.15, 0.2) is 42.0 Å². The highest BCUT2D eigenvalue weighted by atomic mass is 15.1. The second-order valence-electron chi connectivity index (χ2n) is 2.98. The van der Waals surface area contributed by atoms with Crippen molar-refractivity contribution in [3.8, 4) is 0 Å². The van der Waals surface area contributed by atoms with Gasteiger partial charge in [0.25, 0.3) is 0 Å². The zero-order valence-corrected chi connectivity index (χ0v) is 8.50. The van der Waals surface area contributed by atoms with E-state index >= 15 is 0 Å². The molecule has 0 aromatic heterocycles. The van der Waals surface area contributed by atoms with Crippen molar-refractivity contribution in [2.75, 3.05) is 6.54 Å². The minimum atomic E-state index is 0.503. The first kappa shape index (κ1) is 11.1. The third kappa shape index (κ3) is 3.71. The average Bonchev–Trinajstić information content (AvgIpc) is 2.29. The summed E-state index contributed by atoms with van der Waals surface area (Å²) in [5.74, 6) is 0. The van der Waals surface area contributed by atoms with Gasteiger partial charge in [0.1, 0.15) is 0 Å². The van der Waals surface area contributed by atoms with Gasteiger partial charge in [0.15, 0.2) is 0 Å². The molecule has 0 aliphatic carbocycles. The van der Waals surface area contributed by atoms with E-state index in [-0.39, 0.29) is 0 Å². The molecule has 0 radical (unpaired) electrons. The summed E-state index contributed by atoms with van der Waals surface area (Å²) in [5.41, 5.74) is 10.3. The van der Waals surface area contributed by atoms with Crippen molar-refractivity contribution in [2.24, 2.45) is 5.11 Å². The van der Waals surface area contributed by atoms with Crippen LogP contribution in [0, 0.1) is 0 Å². The standard InChI is InChI=1S/C12H13N3/c1-2-11-7-3-4-8-12(11)9-5-6-10-14-15-13/h2-5,7-9H,1,6,10H2. The second kappa shape index (κ2) is 6.46. The molecular formula is C12H13N3. The fourth-order valence-electron chi connectivity index (χ4n) is 1.24. The topological polar surface area (TPSA) is 48.8 Å². The third-order valence-corrected chi connectivity index (χ3v) is 1.97. The van der Waals surface area contributed by atoms with E-state index in [0.29, 0.717) is 6.54 Å². The first-order valence-electron chi connectivity index (χ1n) is 4.77. The predicted molar refractivity (Wildman–Crippen MR) is 64.2 cm³/mol. The van der Waals surface area contributed by atoms with Crippen LogP contribution in [-0.2, 0) is 0 Å². The van der Waals surface area contributed by atoms with Gasteiger partial charge in [0, 0.05) is 11.5 Å². The highest BCUT2D eigenvalue weighted by molar-refractivity contribution is 5.64. The maximum absolute atomic E-state index is 8.09. The zero-order chi connectivity index (χ0) is 10.9. The number of azide groups is 1. The molecule has 0 unspecified atom stereocenters. The molecule has 3 heteroatoms. The molecule has 0 heterocycles. The fourth-order valence-corrected chi connectivity index (χ4v) is 1.24. The van der Waals surface area contributed by atoms with Crippen molar-refractivity contribution in [1.82, 2.24) is 0 Å². The van der Waals surface area contributed by atoms with Crippen molar-refractivity contribution in [1.29, 1.82) is 0 Å². The van der Waals surface area contributed by atoms with Crippen LogP contribution in [0.1, 0.15) is 17.5 Å². The van der Waals surface area contributed by atoms with Gasteiger partial charge in [-0.1, -0.05) is 54.2 Å². The molecule has 15 heavy (non-hydrogen) atoms. The summed E-state index contributed by atoms with van der Waals surface area (Å²) in [6, 6.07) is 8.01. The van der Waals surface area contributed by atoms with Crippen molar-refractivity contribution < 1.29 is 0 Å². The number of hydrogen-bond donors (Lipinski definition) is 0. The molecule has 0 saturated heterocycles. The summed E-state index contributed by atoms with van der Waals surface area (Å²) < 4.78 is 0. The van der Waals surface area contributed by atoms with E-state index in [1.165, 1.54) is 0 Å². The van der Waals surface area contributed by atoms with Gasteiger partial charge in [-0.05, 0) is 23.1 Å². The Morgan fingerprint density at radius 1 is 1.33 bits per heavy atom. The van der Waals surface area contributed by atoms with Crippen LogP contribution in [0.2, 0.25) is 0 Å². The number of nitrogens with zero attached hydrogens (tertiary/aromatic N) is 3. The summed E-state index contributed by atoms with van der Waals surface area (Å²) in [6.45, 7) is 4.25. The Morgan fingerprint density at radius 2 is 2.07 bits per heavy atom. The van der Waals surface area contributed by atoms with Crippen LogP contribution in [0.5, 0.6) is 0 Å². The smallest absolute Gasteiger partial charge is 0.0292 e. The van der Waals surface area contributed by atoms with Crippen LogP contribution in [0.4, 0.5) is 0 Å². The van der Waals surface area contributed by atoms with Crippen molar-refractivity contribution in [2.45, 2.75) is 6.42 Å². The lowest BCUT2D eigenvalue weighted by Gasteiger charge is -1.98. The quantitative estimate of drug-likeness (QED) is 0.297. The maximum atomic E-state index is 8.09. The number of hydrogen-bond acceptors (Lipinski definition) is 1. The normalized spacial score (nSPS) is 9.87. The van der Waals surface area contributed by atoms with Gasteiger partial charge in [0.2, 0.25) is 0 Å². The maximum Gasteiger partial charge on any atom is 0.0292 e. The van der Waals surface area contributed by atoms with Gasteiger partial charge < -0.3 is 0 Å². The molecular weight excluding hydrogens is 186 g/mol. The van der Waals surface area contributed by atoms with Gasteiger partial charge in [-0.3, -0.25) is 0 Å². The van der Waals surface area contributed by atoms with Crippen LogP contribution < -0.4 is 0 Å². The van der Waals surface area contributed by atoms with E-state index in [1.807, 2.05) is 42.5 Å². The van der Waals surface area contributed by atoms with Gasteiger partial charge in [-0.25, -0.2) is 0 Å². The molecule has 0 spiro atoms. The van der Waals surface area contributed by atoms with Crippen LogP contribution in [-0.4, -0.2) is 6.54 Å². The van der Waals surface area contributed by atoms with E-state index in [9.17, 15) is 0 Å². The Morgan fingerprint density at radius 3 is 2.73 bits per heavy atom. The highest BCUT2D eigenvalue weighted by Crippen LogP contribution is 2.11. The monoisotopic (exact) mass is 199 g/mol. The number of benzene rings is 1. The van der Waals surface area contributed by atoms with Crippen LogP contribution in [0.25, 0.3) is 22.6 Å². The first-order chi connectivity index (χ1) is 7.38. The van der Waals surface area contributed by atoms with E-state index in [4.69, 9.17) is 5.53 Å². The summed E-state index contributed by atoms with van der Waals surface area (Å²) in [4.78, 5) is 2.69. The fraction of sp³-hybridized carbons (Fsp3) is 0.167. The Bertz CT molecular complexity index is 401. The summed E-state index contributed by atoms with van der Waals surface area (Å²) in [6.07, 6.45) is 6.60. The molecule has 1 aromatic carbocycles. The lowest BCUT2D eigenvalue weighted by atomic mass is 10.1. The zero-order valence-electron chi connectivity index (χ0n) is 8.50. The van der Waals surface area contributed by atoms with E-state index in [1.54, 1.807) is 0 Å². The molecule has 0 bridgehead atoms. The molecule has 1 aromatic rings. The minimum Gasteiger partial charge on any atom is -0.0984 e. The third-order valence-electron chi connectivity index (χ3n) is 1.97. The molecule has 0 aliphatic rings. The van der Waals surface area contributed by atoms with Crippen molar-refractivity contribution in [3.05, 3.63) is 58.5 Å². The predicted octanol–water partition coefficient (Wildman–Crippen LogP) is 4.04. The van der Waals surface area contributed by atoms with Crippen LogP contribution >= 0.6 is 0 Å². The van der Waals surface area contributed by atoms with Crippen molar-refractivity contribution in [3.63, 3.8) is 0 Å². The van der Waals surface area contributed by atoms with Gasteiger partial charge in [-0.15, -0.1) is 0 Å². The molecule has 0 amide bonds. The second-order valence-corrected chi connectivity index (χ2v) is 2.98. The molecule has 0 aliphatic heterocycles. The van der Waals surface area contributed by atoms with Gasteiger partial charge >= 0.3 is 0 Å². The van der Waals surface area contributed by atoms with Crippen molar-refractivity contribution >= 4 is 12.2 Å². The first-order valence-corrected chi connectivity index (χ1v) is 4.77. The Balaban J connectivity index is 2.63. The molecule has 0 saturated carbocycles. The van der Waals surface area contributed by atoms with Gasteiger partial charge in [-0.2, -0.15) is 0 Å². The molecule has 1 rings (SSSR count). The highest BCUT2D eigenvalue weighted by Gasteiger charge is 1.91. The van der Waals surface area contributed by atoms with E-state index in [2.05, 4.69) is 16.6 Å². The van der Waals surface area contributed by atoms with Gasteiger partial charge in [0.05, 0.1) is 0 Å². The lowest BCUT2D eigenvalue weighted by molar-refractivity contribution is 0.995. The Hall–Kier alpha value is -1.99. The average molecular weight is 199 g/mol. The largest absolute Gasteiger partial charge is 0.0984 e. The SMILES string of the molecule is C=Cc1ccccc1C=CCCN=[N+]=[N-]. The molecule has 0 atom stereocenters. The summed E-state index contributed by atoms with van der Waals surface area (Å²) in [7, 11) is 0. The summed E-state index contributed by atoms with van der Waals surface area (Å²) >= 11 is 0.